The summed E-state index contributed by atoms with van der Waals surface area (Å²) in [6.45, 7) is 0.0777. The van der Waals surface area contributed by atoms with E-state index in [1.54, 1.807) is 18.2 Å². The second-order valence-corrected chi connectivity index (χ2v) is 5.63. The zero-order valence-electron chi connectivity index (χ0n) is 10.7. The Morgan fingerprint density at radius 1 is 1.40 bits per heavy atom. The predicted molar refractivity (Wildman–Crippen MR) is 81.9 cm³/mol. The maximum absolute atomic E-state index is 12.1. The number of methoxy groups -OCH3 is 1. The highest BCUT2D eigenvalue weighted by Gasteiger charge is 2.17. The van der Waals surface area contributed by atoms with Gasteiger partial charge in [-0.25, -0.2) is 4.79 Å². The smallest absolute Gasteiger partial charge is 0.323 e. The van der Waals surface area contributed by atoms with Gasteiger partial charge in [-0.05, 0) is 34.1 Å². The number of benzene rings is 1. The highest BCUT2D eigenvalue weighted by atomic mass is 79.9. The molecule has 1 rings (SSSR count). The van der Waals surface area contributed by atoms with Crippen LogP contribution >= 0.6 is 31.9 Å². The Balaban J connectivity index is 2.76. The lowest BCUT2D eigenvalue weighted by Crippen LogP contribution is -2.40. The van der Waals surface area contributed by atoms with Gasteiger partial charge in [0, 0.05) is 22.6 Å². The molecule has 0 aromatic heterocycles. The van der Waals surface area contributed by atoms with Crippen LogP contribution in [0.5, 0.6) is 0 Å². The van der Waals surface area contributed by atoms with Crippen LogP contribution in [0.15, 0.2) is 27.1 Å². The summed E-state index contributed by atoms with van der Waals surface area (Å²) in [7, 11) is 1.49. The molecule has 0 aliphatic rings. The molecule has 2 N–H and O–H groups in total. The molecule has 0 aliphatic carbocycles. The number of anilines is 1. The lowest BCUT2D eigenvalue weighted by atomic mass is 10.3. The highest BCUT2D eigenvalue weighted by molar-refractivity contribution is 9.11. The quantitative estimate of drug-likeness (QED) is 0.757. The van der Waals surface area contributed by atoms with E-state index in [4.69, 9.17) is 9.84 Å². The SMILES string of the molecule is COCCN(CC(=O)O)C(=O)Nc1ccc(Br)cc1Br. The molecule has 1 aromatic rings. The second-order valence-electron chi connectivity index (χ2n) is 3.86. The molecule has 20 heavy (non-hydrogen) atoms. The van der Waals surface area contributed by atoms with Crippen molar-refractivity contribution in [3.63, 3.8) is 0 Å². The third kappa shape index (κ3) is 5.48. The molecule has 0 aliphatic heterocycles. The Morgan fingerprint density at radius 3 is 2.65 bits per heavy atom. The Hall–Kier alpha value is -1.12. The zero-order chi connectivity index (χ0) is 15.1. The number of carbonyl (C=O) groups excluding carboxylic acids is 1. The van der Waals surface area contributed by atoms with Gasteiger partial charge in [-0.1, -0.05) is 15.9 Å². The number of rotatable bonds is 6. The Bertz CT molecular complexity index is 496. The summed E-state index contributed by atoms with van der Waals surface area (Å²) in [5.74, 6) is -1.08. The van der Waals surface area contributed by atoms with Crippen molar-refractivity contribution >= 4 is 49.5 Å². The van der Waals surface area contributed by atoms with Crippen molar-refractivity contribution in [2.45, 2.75) is 0 Å². The molecule has 0 spiro atoms. The number of hydrogen-bond donors (Lipinski definition) is 2. The van der Waals surface area contributed by atoms with Crippen LogP contribution in [0, 0.1) is 0 Å². The van der Waals surface area contributed by atoms with E-state index in [-0.39, 0.29) is 19.7 Å². The average Bonchev–Trinajstić information content (AvgIpc) is 2.37. The second kappa shape index (κ2) is 8.23. The van der Waals surface area contributed by atoms with E-state index >= 15 is 0 Å². The van der Waals surface area contributed by atoms with E-state index in [0.29, 0.717) is 10.2 Å². The fraction of sp³-hybridized carbons (Fsp3) is 0.333. The largest absolute Gasteiger partial charge is 0.480 e. The van der Waals surface area contributed by atoms with E-state index in [2.05, 4.69) is 37.2 Å². The summed E-state index contributed by atoms with van der Waals surface area (Å²) < 4.78 is 6.43. The Morgan fingerprint density at radius 2 is 2.10 bits per heavy atom. The number of aliphatic carboxylic acids is 1. The number of nitrogens with zero attached hydrogens (tertiary/aromatic N) is 1. The Kier molecular flexibility index (Phi) is 6.97. The van der Waals surface area contributed by atoms with Crippen LogP contribution in [-0.4, -0.2) is 48.8 Å². The highest BCUT2D eigenvalue weighted by Crippen LogP contribution is 2.26. The topological polar surface area (TPSA) is 78.9 Å². The van der Waals surface area contributed by atoms with Crippen LogP contribution in [0.2, 0.25) is 0 Å². The van der Waals surface area contributed by atoms with Crippen LogP contribution in [-0.2, 0) is 9.53 Å². The van der Waals surface area contributed by atoms with E-state index in [1.807, 2.05) is 0 Å². The van der Waals surface area contributed by atoms with E-state index in [0.717, 1.165) is 4.47 Å². The number of hydrogen-bond acceptors (Lipinski definition) is 3. The molecule has 0 unspecified atom stereocenters. The fourth-order valence-electron chi connectivity index (χ4n) is 1.40. The van der Waals surface area contributed by atoms with Crippen molar-refractivity contribution in [1.29, 1.82) is 0 Å². The van der Waals surface area contributed by atoms with Crippen molar-refractivity contribution in [3.8, 4) is 0 Å². The molecule has 0 bridgehead atoms. The number of carboxylic acid groups (broad SMARTS) is 1. The minimum Gasteiger partial charge on any atom is -0.480 e. The number of carbonyl (C=O) groups is 2. The molecule has 0 heterocycles. The van der Waals surface area contributed by atoms with Gasteiger partial charge in [-0.15, -0.1) is 0 Å². The number of carboxylic acids is 1. The van der Waals surface area contributed by atoms with Gasteiger partial charge in [-0.3, -0.25) is 4.79 Å². The van der Waals surface area contributed by atoms with Crippen molar-refractivity contribution in [2.24, 2.45) is 0 Å². The molecule has 1 aromatic carbocycles. The van der Waals surface area contributed by atoms with Crippen LogP contribution in [0.4, 0.5) is 10.5 Å². The van der Waals surface area contributed by atoms with Gasteiger partial charge in [0.1, 0.15) is 6.54 Å². The van der Waals surface area contributed by atoms with Gasteiger partial charge in [0.05, 0.1) is 12.3 Å². The molecule has 2 amide bonds. The summed E-state index contributed by atoms with van der Waals surface area (Å²) in [6.07, 6.45) is 0. The number of halogens is 2. The lowest BCUT2D eigenvalue weighted by molar-refractivity contribution is -0.137. The van der Waals surface area contributed by atoms with Gasteiger partial charge in [-0.2, -0.15) is 0 Å². The molecule has 0 atom stereocenters. The first-order chi connectivity index (χ1) is 9.43. The number of amides is 2. The minimum atomic E-state index is -1.08. The number of nitrogens with one attached hydrogen (secondary N) is 1. The molecule has 0 saturated heterocycles. The molecule has 6 nitrogen and oxygen atoms in total. The molecule has 110 valence electrons. The monoisotopic (exact) mass is 408 g/mol. The van der Waals surface area contributed by atoms with Crippen LogP contribution < -0.4 is 5.32 Å². The van der Waals surface area contributed by atoms with Gasteiger partial charge >= 0.3 is 12.0 Å². The summed E-state index contributed by atoms with van der Waals surface area (Å²) in [5, 5.41) is 11.5. The Labute approximate surface area is 133 Å². The minimum absolute atomic E-state index is 0.197. The van der Waals surface area contributed by atoms with Crippen LogP contribution in [0.25, 0.3) is 0 Å². The van der Waals surface area contributed by atoms with Gasteiger partial charge in [0.25, 0.3) is 0 Å². The van der Waals surface area contributed by atoms with Gasteiger partial charge < -0.3 is 20.1 Å². The maximum atomic E-state index is 12.1. The van der Waals surface area contributed by atoms with Crippen molar-refractivity contribution < 1.29 is 19.4 Å². The average molecular weight is 410 g/mol. The first-order valence-corrected chi connectivity index (χ1v) is 7.24. The summed E-state index contributed by atoms with van der Waals surface area (Å²) in [5.41, 5.74) is 0.561. The molecule has 8 heteroatoms. The third-order valence-electron chi connectivity index (χ3n) is 2.35. The number of urea groups is 1. The summed E-state index contributed by atoms with van der Waals surface area (Å²) in [4.78, 5) is 24.0. The number of ether oxygens (including phenoxy) is 1. The van der Waals surface area contributed by atoms with E-state index in [9.17, 15) is 9.59 Å². The third-order valence-corrected chi connectivity index (χ3v) is 3.50. The summed E-state index contributed by atoms with van der Waals surface area (Å²) >= 11 is 6.63. The summed E-state index contributed by atoms with van der Waals surface area (Å²) in [6, 6.07) is 4.78. The molecular weight excluding hydrogens is 396 g/mol. The normalized spacial score (nSPS) is 10.2. The molecular formula is C12H14Br2N2O4. The van der Waals surface area contributed by atoms with Crippen molar-refractivity contribution in [2.75, 3.05) is 32.1 Å². The fourth-order valence-corrected chi connectivity index (χ4v) is 2.55. The zero-order valence-corrected chi connectivity index (χ0v) is 13.9. The van der Waals surface area contributed by atoms with Crippen molar-refractivity contribution in [3.05, 3.63) is 27.1 Å². The van der Waals surface area contributed by atoms with Gasteiger partial charge in [0.15, 0.2) is 0 Å². The van der Waals surface area contributed by atoms with Crippen molar-refractivity contribution in [1.82, 2.24) is 4.90 Å². The molecule has 0 radical (unpaired) electrons. The molecule has 0 saturated carbocycles. The van der Waals surface area contributed by atoms with E-state index in [1.165, 1.54) is 12.0 Å². The lowest BCUT2D eigenvalue weighted by Gasteiger charge is -2.21. The first-order valence-electron chi connectivity index (χ1n) is 5.65. The standard InChI is InChI=1S/C12H14Br2N2O4/c1-20-5-4-16(7-11(17)18)12(19)15-10-3-2-8(13)6-9(10)14/h2-3,6H,4-5,7H2,1H3,(H,15,19)(H,17,18). The maximum Gasteiger partial charge on any atom is 0.323 e. The van der Waals surface area contributed by atoms with Crippen LogP contribution in [0.1, 0.15) is 0 Å². The predicted octanol–water partition coefficient (Wildman–Crippen LogP) is 2.78. The van der Waals surface area contributed by atoms with Gasteiger partial charge in [0.2, 0.25) is 0 Å². The first kappa shape index (κ1) is 16.9. The molecule has 0 fully saturated rings. The van der Waals surface area contributed by atoms with E-state index < -0.39 is 12.0 Å². The van der Waals surface area contributed by atoms with Crippen LogP contribution in [0.3, 0.4) is 0 Å².